The number of aryl methyl sites for hydroxylation is 2. The summed E-state index contributed by atoms with van der Waals surface area (Å²) in [6.07, 6.45) is 0. The first kappa shape index (κ1) is 22.6. The number of rotatable bonds is 6. The second-order valence-electron chi connectivity index (χ2n) is 7.39. The summed E-state index contributed by atoms with van der Waals surface area (Å²) < 4.78 is 63.3. The van der Waals surface area contributed by atoms with Crippen LogP contribution in [0.25, 0.3) is 11.0 Å². The van der Waals surface area contributed by atoms with Gasteiger partial charge < -0.3 is 8.60 Å². The highest BCUT2D eigenvalue weighted by atomic mass is 32.2. The summed E-state index contributed by atoms with van der Waals surface area (Å²) in [5, 5.41) is 0.271. The molecule has 0 aliphatic carbocycles. The van der Waals surface area contributed by atoms with E-state index in [0.29, 0.717) is 0 Å². The molecule has 170 valence electrons. The summed E-state index contributed by atoms with van der Waals surface area (Å²) in [6, 6.07) is 17.8. The molecular weight excluding hydrogens is 466 g/mol. The Morgan fingerprint density at radius 2 is 1.36 bits per heavy atom. The van der Waals surface area contributed by atoms with Crippen molar-refractivity contribution in [1.29, 1.82) is 0 Å². The van der Waals surface area contributed by atoms with Gasteiger partial charge in [0, 0.05) is 5.39 Å². The van der Waals surface area contributed by atoms with Crippen LogP contribution < -0.4 is 14.5 Å². The van der Waals surface area contributed by atoms with E-state index in [4.69, 9.17) is 8.60 Å². The van der Waals surface area contributed by atoms with Gasteiger partial charge in [-0.1, -0.05) is 47.5 Å². The molecule has 0 fully saturated rings. The maximum absolute atomic E-state index is 12.6. The van der Waals surface area contributed by atoms with Gasteiger partial charge in [-0.2, -0.15) is 8.42 Å². The summed E-state index contributed by atoms with van der Waals surface area (Å²) in [5.74, 6) is -0.196. The Morgan fingerprint density at radius 3 is 1.97 bits per heavy atom. The molecule has 0 saturated heterocycles. The highest BCUT2D eigenvalue weighted by Gasteiger charge is 2.21. The van der Waals surface area contributed by atoms with E-state index in [1.165, 1.54) is 48.5 Å². The molecule has 0 atom stereocenters. The van der Waals surface area contributed by atoms with Crippen molar-refractivity contribution >= 4 is 36.8 Å². The van der Waals surface area contributed by atoms with Crippen molar-refractivity contribution in [3.63, 3.8) is 0 Å². The van der Waals surface area contributed by atoms with Crippen LogP contribution in [0.5, 0.6) is 5.75 Å². The number of para-hydroxylation sites is 1. The average Bonchev–Trinajstić information content (AvgIpc) is 2.75. The van der Waals surface area contributed by atoms with E-state index in [0.717, 1.165) is 11.1 Å². The van der Waals surface area contributed by atoms with Crippen LogP contribution in [0.2, 0.25) is 0 Å². The standard InChI is InChI=1S/C23H19NO7S2/c1-15-6-10-18(11-7-15)32(26,27)24-20-14-17-4-3-5-21(22(17)30-23(20)25)31-33(28,29)19-12-8-16(2)9-13-19/h3-14,24H,1-2H3. The normalized spacial score (nSPS) is 11.9. The molecule has 3 aromatic carbocycles. The molecule has 0 aliphatic heterocycles. The molecule has 33 heavy (non-hydrogen) atoms. The van der Waals surface area contributed by atoms with Gasteiger partial charge in [0.1, 0.15) is 10.6 Å². The number of benzene rings is 3. The van der Waals surface area contributed by atoms with Crippen LogP contribution in [0.3, 0.4) is 0 Å². The third-order valence-corrected chi connectivity index (χ3v) is 7.44. The summed E-state index contributed by atoms with van der Waals surface area (Å²) in [4.78, 5) is 12.4. The van der Waals surface area contributed by atoms with Crippen molar-refractivity contribution in [2.24, 2.45) is 0 Å². The molecule has 1 aromatic heterocycles. The van der Waals surface area contributed by atoms with E-state index < -0.39 is 25.8 Å². The van der Waals surface area contributed by atoms with E-state index in [2.05, 4.69) is 4.72 Å². The molecule has 0 spiro atoms. The topological polar surface area (TPSA) is 120 Å². The van der Waals surface area contributed by atoms with Crippen LogP contribution in [0.1, 0.15) is 11.1 Å². The minimum atomic E-state index is -4.19. The Morgan fingerprint density at radius 1 is 0.788 bits per heavy atom. The Bertz CT molecular complexity index is 1600. The largest absolute Gasteiger partial charge is 0.417 e. The van der Waals surface area contributed by atoms with E-state index in [1.807, 2.05) is 13.8 Å². The number of sulfonamides is 1. The van der Waals surface area contributed by atoms with Crippen molar-refractivity contribution in [3.05, 3.63) is 94.3 Å². The van der Waals surface area contributed by atoms with Crippen molar-refractivity contribution in [3.8, 4) is 5.75 Å². The number of hydrogen-bond donors (Lipinski definition) is 1. The quantitative estimate of drug-likeness (QED) is 0.324. The zero-order chi connectivity index (χ0) is 23.8. The summed E-state index contributed by atoms with van der Waals surface area (Å²) >= 11 is 0. The van der Waals surface area contributed by atoms with Gasteiger partial charge in [-0.15, -0.1) is 0 Å². The molecule has 0 bridgehead atoms. The van der Waals surface area contributed by atoms with Gasteiger partial charge in [0.15, 0.2) is 11.3 Å². The Labute approximate surface area is 190 Å². The van der Waals surface area contributed by atoms with E-state index in [1.54, 1.807) is 24.3 Å². The predicted molar refractivity (Wildman–Crippen MR) is 123 cm³/mol. The van der Waals surface area contributed by atoms with E-state index >= 15 is 0 Å². The molecule has 0 radical (unpaired) electrons. The third-order valence-electron chi connectivity index (χ3n) is 4.81. The first-order chi connectivity index (χ1) is 15.5. The van der Waals surface area contributed by atoms with Gasteiger partial charge >= 0.3 is 15.7 Å². The highest BCUT2D eigenvalue weighted by molar-refractivity contribution is 7.92. The molecule has 4 rings (SSSR count). The first-order valence-electron chi connectivity index (χ1n) is 9.73. The molecule has 0 saturated carbocycles. The molecule has 0 amide bonds. The van der Waals surface area contributed by atoms with Crippen molar-refractivity contribution in [2.45, 2.75) is 23.6 Å². The molecule has 4 aromatic rings. The molecule has 0 aliphatic rings. The predicted octanol–water partition coefficient (Wildman–Crippen LogP) is 3.98. The van der Waals surface area contributed by atoms with Crippen molar-refractivity contribution in [1.82, 2.24) is 0 Å². The summed E-state index contributed by atoms with van der Waals surface area (Å²) in [6.45, 7) is 3.64. The second-order valence-corrected chi connectivity index (χ2v) is 10.6. The first-order valence-corrected chi connectivity index (χ1v) is 12.6. The van der Waals surface area contributed by atoms with Crippen LogP contribution in [-0.2, 0) is 20.1 Å². The monoisotopic (exact) mass is 485 g/mol. The number of hydrogen-bond acceptors (Lipinski definition) is 7. The van der Waals surface area contributed by atoms with E-state index in [-0.39, 0.29) is 32.2 Å². The van der Waals surface area contributed by atoms with E-state index in [9.17, 15) is 21.6 Å². The maximum Gasteiger partial charge on any atom is 0.360 e. The molecule has 1 heterocycles. The fraction of sp³-hybridized carbons (Fsp3) is 0.0870. The second kappa shape index (κ2) is 8.38. The SMILES string of the molecule is Cc1ccc(S(=O)(=O)Nc2cc3cccc(OS(=O)(=O)c4ccc(C)cc4)c3oc2=O)cc1. The summed E-state index contributed by atoms with van der Waals surface area (Å²) in [5.41, 5.74) is 0.318. The number of anilines is 1. The number of nitrogens with one attached hydrogen (secondary N) is 1. The lowest BCUT2D eigenvalue weighted by Crippen LogP contribution is -2.18. The van der Waals surface area contributed by atoms with Gasteiger partial charge in [0.05, 0.1) is 4.90 Å². The lowest BCUT2D eigenvalue weighted by Gasteiger charge is -2.11. The zero-order valence-corrected chi connectivity index (χ0v) is 19.2. The molecule has 8 nitrogen and oxygen atoms in total. The Balaban J connectivity index is 1.70. The van der Waals surface area contributed by atoms with Gasteiger partial charge in [-0.05, 0) is 50.2 Å². The van der Waals surface area contributed by atoms with Crippen LogP contribution in [0.15, 0.2) is 91.8 Å². The lowest BCUT2D eigenvalue weighted by molar-refractivity contribution is 0.475. The molecular formula is C23H19NO7S2. The van der Waals surface area contributed by atoms with Crippen molar-refractivity contribution < 1.29 is 25.4 Å². The number of fused-ring (bicyclic) bond motifs is 1. The minimum absolute atomic E-state index is 0.0196. The molecule has 1 N–H and O–H groups in total. The molecule has 0 unspecified atom stereocenters. The van der Waals surface area contributed by atoms with Crippen LogP contribution in [0, 0.1) is 13.8 Å². The van der Waals surface area contributed by atoms with Crippen LogP contribution >= 0.6 is 0 Å². The average molecular weight is 486 g/mol. The maximum atomic E-state index is 12.6. The zero-order valence-electron chi connectivity index (χ0n) is 17.6. The summed E-state index contributed by atoms with van der Waals surface area (Å²) in [7, 11) is -8.22. The van der Waals surface area contributed by atoms with Crippen molar-refractivity contribution in [2.75, 3.05) is 4.72 Å². The Hall–Kier alpha value is -3.63. The highest BCUT2D eigenvalue weighted by Crippen LogP contribution is 2.29. The van der Waals surface area contributed by atoms with Gasteiger partial charge in [-0.25, -0.2) is 13.2 Å². The lowest BCUT2D eigenvalue weighted by atomic mass is 10.2. The fourth-order valence-corrected chi connectivity index (χ4v) is 5.02. The van der Waals surface area contributed by atoms with Gasteiger partial charge in [0.25, 0.3) is 10.0 Å². The molecule has 10 heteroatoms. The van der Waals surface area contributed by atoms with Crippen LogP contribution in [0.4, 0.5) is 5.69 Å². The third kappa shape index (κ3) is 4.76. The van der Waals surface area contributed by atoms with Crippen LogP contribution in [-0.4, -0.2) is 16.8 Å². The fourth-order valence-electron chi connectivity index (χ4n) is 3.05. The smallest absolute Gasteiger partial charge is 0.360 e. The Kier molecular flexibility index (Phi) is 5.73. The van der Waals surface area contributed by atoms with Gasteiger partial charge in [-0.3, -0.25) is 4.72 Å². The van der Waals surface area contributed by atoms with Gasteiger partial charge in [0.2, 0.25) is 0 Å². The minimum Gasteiger partial charge on any atom is -0.417 e.